The van der Waals surface area contributed by atoms with Gasteiger partial charge in [0.1, 0.15) is 0 Å². The van der Waals surface area contributed by atoms with E-state index in [0.29, 0.717) is 12.3 Å². The lowest BCUT2D eigenvalue weighted by atomic mass is 9.86. The zero-order valence-corrected chi connectivity index (χ0v) is 7.83. The highest BCUT2D eigenvalue weighted by atomic mass is 16.4. The third kappa shape index (κ3) is 1.77. The molecule has 0 aromatic heterocycles. The van der Waals surface area contributed by atoms with Gasteiger partial charge in [0.25, 0.3) is 0 Å². The minimum atomic E-state index is -0.642. The van der Waals surface area contributed by atoms with Crippen molar-refractivity contribution in [2.45, 2.75) is 38.5 Å². The van der Waals surface area contributed by atoms with Gasteiger partial charge >= 0.3 is 5.97 Å². The molecule has 0 radical (unpaired) electrons. The van der Waals surface area contributed by atoms with Crippen LogP contribution in [-0.2, 0) is 4.79 Å². The number of hydrogen-bond acceptors (Lipinski definition) is 1. The predicted octanol–water partition coefficient (Wildman–Crippen LogP) is 2.60. The van der Waals surface area contributed by atoms with Crippen LogP contribution in [0.25, 0.3) is 0 Å². The van der Waals surface area contributed by atoms with E-state index in [1.165, 1.54) is 31.3 Å². The lowest BCUT2D eigenvalue weighted by molar-refractivity contribution is -0.137. The summed E-state index contributed by atoms with van der Waals surface area (Å²) in [4.78, 5) is 10.6. The molecule has 2 aliphatic carbocycles. The molecule has 2 unspecified atom stereocenters. The Labute approximate surface area is 78.6 Å². The Morgan fingerprint density at radius 2 is 2.31 bits per heavy atom. The molecule has 1 fully saturated rings. The molecule has 2 atom stereocenters. The summed E-state index contributed by atoms with van der Waals surface area (Å²) in [5, 5.41) is 8.74. The van der Waals surface area contributed by atoms with Gasteiger partial charge < -0.3 is 5.11 Å². The van der Waals surface area contributed by atoms with E-state index in [-0.39, 0.29) is 0 Å². The zero-order valence-electron chi connectivity index (χ0n) is 7.83. The molecule has 0 heterocycles. The van der Waals surface area contributed by atoms with E-state index in [1.54, 1.807) is 0 Å². The summed E-state index contributed by atoms with van der Waals surface area (Å²) in [6, 6.07) is 0. The van der Waals surface area contributed by atoms with Crippen LogP contribution >= 0.6 is 0 Å². The van der Waals surface area contributed by atoms with Crippen LogP contribution in [0.15, 0.2) is 11.6 Å². The van der Waals surface area contributed by atoms with Crippen molar-refractivity contribution in [3.8, 4) is 0 Å². The molecule has 0 aromatic carbocycles. The molecule has 2 heteroatoms. The highest BCUT2D eigenvalue weighted by Crippen LogP contribution is 2.43. The van der Waals surface area contributed by atoms with Crippen LogP contribution in [0.1, 0.15) is 38.5 Å². The minimum Gasteiger partial charge on any atom is -0.481 e. The van der Waals surface area contributed by atoms with E-state index < -0.39 is 5.97 Å². The largest absolute Gasteiger partial charge is 0.481 e. The number of carboxylic acid groups (broad SMARTS) is 1. The van der Waals surface area contributed by atoms with Gasteiger partial charge in [-0.1, -0.05) is 11.6 Å². The maximum absolute atomic E-state index is 10.6. The summed E-state index contributed by atoms with van der Waals surface area (Å²) in [6.07, 6.45) is 8.74. The molecule has 13 heavy (non-hydrogen) atoms. The number of aliphatic carboxylic acids is 1. The first kappa shape index (κ1) is 8.79. The van der Waals surface area contributed by atoms with E-state index in [0.717, 1.165) is 12.3 Å². The molecule has 1 saturated carbocycles. The normalized spacial score (nSPS) is 32.5. The van der Waals surface area contributed by atoms with Gasteiger partial charge in [0.2, 0.25) is 0 Å². The average molecular weight is 180 g/mol. The third-order valence-electron chi connectivity index (χ3n) is 3.36. The first-order valence-corrected chi connectivity index (χ1v) is 5.19. The Morgan fingerprint density at radius 1 is 1.46 bits per heavy atom. The van der Waals surface area contributed by atoms with Crippen molar-refractivity contribution >= 4 is 5.97 Å². The maximum atomic E-state index is 10.6. The summed E-state index contributed by atoms with van der Waals surface area (Å²) in [5.41, 5.74) is 1.47. The average Bonchev–Trinajstić information content (AvgIpc) is 2.48. The van der Waals surface area contributed by atoms with Gasteiger partial charge in [0, 0.05) is 0 Å². The molecule has 1 N–H and O–H groups in total. The fourth-order valence-electron chi connectivity index (χ4n) is 2.78. The minimum absolute atomic E-state index is 0.350. The highest BCUT2D eigenvalue weighted by Gasteiger charge is 2.32. The Hall–Kier alpha value is -0.790. The van der Waals surface area contributed by atoms with Gasteiger partial charge in [-0.15, -0.1) is 0 Å². The van der Waals surface area contributed by atoms with Gasteiger partial charge in [0.15, 0.2) is 0 Å². The molecule has 72 valence electrons. The van der Waals surface area contributed by atoms with Crippen LogP contribution < -0.4 is 0 Å². The van der Waals surface area contributed by atoms with Crippen molar-refractivity contribution in [1.29, 1.82) is 0 Å². The summed E-state index contributed by atoms with van der Waals surface area (Å²) < 4.78 is 0. The smallest absolute Gasteiger partial charge is 0.303 e. The second-order valence-corrected chi connectivity index (χ2v) is 4.20. The van der Waals surface area contributed by atoms with Gasteiger partial charge in [-0.2, -0.15) is 0 Å². The Balaban J connectivity index is 2.06. The van der Waals surface area contributed by atoms with E-state index in [4.69, 9.17) is 5.11 Å². The molecule has 2 nitrogen and oxygen atoms in total. The summed E-state index contributed by atoms with van der Waals surface area (Å²) in [7, 11) is 0. The fourth-order valence-corrected chi connectivity index (χ4v) is 2.78. The Bertz CT molecular complexity index is 242. The zero-order chi connectivity index (χ0) is 9.26. The van der Waals surface area contributed by atoms with Crippen LogP contribution in [0.5, 0.6) is 0 Å². The van der Waals surface area contributed by atoms with E-state index in [1.807, 2.05) is 0 Å². The van der Waals surface area contributed by atoms with Gasteiger partial charge in [-0.05, 0) is 43.9 Å². The molecular formula is C11H16O2. The summed E-state index contributed by atoms with van der Waals surface area (Å²) in [5.74, 6) is 0.457. The molecule has 0 amide bonds. The van der Waals surface area contributed by atoms with Crippen LogP contribution in [0.3, 0.4) is 0 Å². The standard InChI is InChI=1S/C11H16O2/c12-11(13)7-9-6-5-8-3-1-2-4-10(8)9/h4,8-9H,1-3,5-7H2,(H,12,13). The molecule has 2 aliphatic rings. The van der Waals surface area contributed by atoms with Crippen molar-refractivity contribution in [3.63, 3.8) is 0 Å². The SMILES string of the molecule is O=C(O)CC1CCC2CCCC=C21. The van der Waals surface area contributed by atoms with Crippen molar-refractivity contribution in [2.24, 2.45) is 11.8 Å². The number of allylic oxidation sites excluding steroid dienone is 2. The quantitative estimate of drug-likeness (QED) is 0.663. The lowest BCUT2D eigenvalue weighted by Gasteiger charge is -2.19. The van der Waals surface area contributed by atoms with Crippen LogP contribution in [0, 0.1) is 11.8 Å². The predicted molar refractivity (Wildman–Crippen MR) is 50.4 cm³/mol. The molecule has 0 bridgehead atoms. The lowest BCUT2D eigenvalue weighted by Crippen LogP contribution is -2.10. The second kappa shape index (κ2) is 3.52. The third-order valence-corrected chi connectivity index (χ3v) is 3.36. The van der Waals surface area contributed by atoms with E-state index >= 15 is 0 Å². The first-order chi connectivity index (χ1) is 6.27. The number of carboxylic acids is 1. The molecule has 0 aromatic rings. The van der Waals surface area contributed by atoms with Crippen molar-refractivity contribution in [1.82, 2.24) is 0 Å². The number of hydrogen-bond donors (Lipinski definition) is 1. The molecule has 0 spiro atoms. The van der Waals surface area contributed by atoms with Crippen LogP contribution in [0.2, 0.25) is 0 Å². The van der Waals surface area contributed by atoms with Gasteiger partial charge in [-0.25, -0.2) is 0 Å². The second-order valence-electron chi connectivity index (χ2n) is 4.20. The van der Waals surface area contributed by atoms with Crippen molar-refractivity contribution < 1.29 is 9.90 Å². The molecule has 0 aliphatic heterocycles. The highest BCUT2D eigenvalue weighted by molar-refractivity contribution is 5.67. The summed E-state index contributed by atoms with van der Waals surface area (Å²) in [6.45, 7) is 0. The number of carbonyl (C=O) groups is 1. The Kier molecular flexibility index (Phi) is 2.38. The topological polar surface area (TPSA) is 37.3 Å². The van der Waals surface area contributed by atoms with Gasteiger partial charge in [0.05, 0.1) is 6.42 Å². The van der Waals surface area contributed by atoms with Crippen molar-refractivity contribution in [3.05, 3.63) is 11.6 Å². The van der Waals surface area contributed by atoms with E-state index in [2.05, 4.69) is 6.08 Å². The Morgan fingerprint density at radius 3 is 3.08 bits per heavy atom. The van der Waals surface area contributed by atoms with Crippen LogP contribution in [-0.4, -0.2) is 11.1 Å². The molecule has 2 rings (SSSR count). The number of rotatable bonds is 2. The molecular weight excluding hydrogens is 164 g/mol. The first-order valence-electron chi connectivity index (χ1n) is 5.19. The number of fused-ring (bicyclic) bond motifs is 1. The van der Waals surface area contributed by atoms with E-state index in [9.17, 15) is 4.79 Å². The van der Waals surface area contributed by atoms with Crippen molar-refractivity contribution in [2.75, 3.05) is 0 Å². The van der Waals surface area contributed by atoms with Gasteiger partial charge in [-0.3, -0.25) is 4.79 Å². The fraction of sp³-hybridized carbons (Fsp3) is 0.727. The summed E-state index contributed by atoms with van der Waals surface area (Å²) >= 11 is 0. The monoisotopic (exact) mass is 180 g/mol. The maximum Gasteiger partial charge on any atom is 0.303 e. The molecule has 0 saturated heterocycles. The van der Waals surface area contributed by atoms with Crippen LogP contribution in [0.4, 0.5) is 0 Å².